The Balaban J connectivity index is 1.60. The Morgan fingerprint density at radius 1 is 1.55 bits per heavy atom. The first kappa shape index (κ1) is 16.6. The number of nitrogens with one attached hydrogen (secondary N) is 2. The minimum absolute atomic E-state index is 0.0254. The van der Waals surface area contributed by atoms with Gasteiger partial charge in [0.25, 0.3) is 5.56 Å². The summed E-state index contributed by atoms with van der Waals surface area (Å²) in [6.07, 6.45) is 3.85. The number of aromatic amines is 1. The molecule has 1 aromatic rings. The van der Waals surface area contributed by atoms with Gasteiger partial charge in [0.15, 0.2) is 0 Å². The molecule has 1 aromatic heterocycles. The van der Waals surface area contributed by atoms with Crippen LogP contribution in [-0.2, 0) is 20.7 Å². The molecular formula is C15H23N3O4. The third kappa shape index (κ3) is 5.95. The minimum Gasteiger partial charge on any atom is -0.376 e. The lowest BCUT2D eigenvalue weighted by molar-refractivity contribution is -0.127. The van der Waals surface area contributed by atoms with Crippen molar-refractivity contribution in [3.05, 3.63) is 27.9 Å². The maximum atomic E-state index is 11.6. The van der Waals surface area contributed by atoms with E-state index in [0.29, 0.717) is 31.1 Å². The molecule has 0 saturated carbocycles. The van der Waals surface area contributed by atoms with Crippen LogP contribution in [0.2, 0.25) is 0 Å². The van der Waals surface area contributed by atoms with E-state index in [1.807, 2.05) is 0 Å². The first-order valence-electron chi connectivity index (χ1n) is 7.66. The van der Waals surface area contributed by atoms with Crippen LogP contribution in [0.25, 0.3) is 0 Å². The third-order valence-corrected chi connectivity index (χ3v) is 3.41. The highest BCUT2D eigenvalue weighted by Gasteiger charge is 2.14. The molecule has 1 fully saturated rings. The first-order chi connectivity index (χ1) is 10.6. The van der Waals surface area contributed by atoms with Gasteiger partial charge in [0.2, 0.25) is 5.91 Å². The van der Waals surface area contributed by atoms with Crippen molar-refractivity contribution >= 4 is 5.91 Å². The summed E-state index contributed by atoms with van der Waals surface area (Å²) in [7, 11) is 0. The van der Waals surface area contributed by atoms with Crippen LogP contribution in [0.4, 0.5) is 0 Å². The molecular weight excluding hydrogens is 286 g/mol. The Bertz CT molecular complexity index is 538. The average Bonchev–Trinajstić information content (AvgIpc) is 2.47. The summed E-state index contributed by atoms with van der Waals surface area (Å²) < 4.78 is 10.9. The number of carbonyl (C=O) groups excluding carboxylic acids is 1. The standard InChI is InChI=1S/C15H23N3O4/c1-11-8-14(19)18-13(17-11)5-6-16-15(20)10-21-9-12-4-2-3-7-22-12/h8,12H,2-7,9-10H2,1H3,(H,16,20)(H,17,18,19)/t12-/m1/s1. The summed E-state index contributed by atoms with van der Waals surface area (Å²) in [5, 5.41) is 2.74. The molecule has 22 heavy (non-hydrogen) atoms. The van der Waals surface area contributed by atoms with E-state index in [4.69, 9.17) is 9.47 Å². The molecule has 0 unspecified atom stereocenters. The van der Waals surface area contributed by atoms with Gasteiger partial charge in [-0.25, -0.2) is 4.98 Å². The van der Waals surface area contributed by atoms with Crippen molar-refractivity contribution in [2.75, 3.05) is 26.4 Å². The molecule has 1 aliphatic rings. The van der Waals surface area contributed by atoms with Crippen molar-refractivity contribution in [3.8, 4) is 0 Å². The quantitative estimate of drug-likeness (QED) is 0.757. The Kier molecular flexibility index (Phi) is 6.54. The van der Waals surface area contributed by atoms with Gasteiger partial charge < -0.3 is 19.8 Å². The Labute approximate surface area is 129 Å². The molecule has 1 saturated heterocycles. The van der Waals surface area contributed by atoms with Crippen LogP contribution in [0.15, 0.2) is 10.9 Å². The van der Waals surface area contributed by atoms with Gasteiger partial charge in [-0.2, -0.15) is 0 Å². The third-order valence-electron chi connectivity index (χ3n) is 3.41. The molecule has 122 valence electrons. The highest BCUT2D eigenvalue weighted by Crippen LogP contribution is 2.12. The van der Waals surface area contributed by atoms with Crippen molar-refractivity contribution < 1.29 is 14.3 Å². The molecule has 7 heteroatoms. The average molecular weight is 309 g/mol. The van der Waals surface area contributed by atoms with E-state index in [1.165, 1.54) is 6.07 Å². The molecule has 0 bridgehead atoms. The van der Waals surface area contributed by atoms with Gasteiger partial charge in [0.05, 0.1) is 12.7 Å². The number of nitrogens with zero attached hydrogens (tertiary/aromatic N) is 1. The second-order valence-electron chi connectivity index (χ2n) is 5.44. The van der Waals surface area contributed by atoms with Gasteiger partial charge in [-0.3, -0.25) is 9.59 Å². The zero-order valence-electron chi connectivity index (χ0n) is 12.9. The van der Waals surface area contributed by atoms with Crippen LogP contribution in [-0.4, -0.2) is 48.3 Å². The van der Waals surface area contributed by atoms with E-state index in [9.17, 15) is 9.59 Å². The minimum atomic E-state index is -0.176. The fraction of sp³-hybridized carbons (Fsp3) is 0.667. The van der Waals surface area contributed by atoms with Gasteiger partial charge >= 0.3 is 0 Å². The normalized spacial score (nSPS) is 18.1. The molecule has 2 rings (SSSR count). The lowest BCUT2D eigenvalue weighted by Crippen LogP contribution is -2.32. The van der Waals surface area contributed by atoms with E-state index in [-0.39, 0.29) is 24.2 Å². The van der Waals surface area contributed by atoms with Gasteiger partial charge in [-0.1, -0.05) is 0 Å². The highest BCUT2D eigenvalue weighted by atomic mass is 16.5. The first-order valence-corrected chi connectivity index (χ1v) is 7.66. The molecule has 1 atom stereocenters. The number of H-pyrrole nitrogens is 1. The topological polar surface area (TPSA) is 93.3 Å². The number of aryl methyl sites for hydroxylation is 1. The predicted octanol–water partition coefficient (Wildman–Crippen LogP) is 0.323. The van der Waals surface area contributed by atoms with Crippen LogP contribution in [0, 0.1) is 6.92 Å². The zero-order valence-corrected chi connectivity index (χ0v) is 12.9. The monoisotopic (exact) mass is 309 g/mol. The summed E-state index contributed by atoms with van der Waals surface area (Å²) in [4.78, 5) is 29.8. The smallest absolute Gasteiger partial charge is 0.251 e. The number of ether oxygens (including phenoxy) is 2. The lowest BCUT2D eigenvalue weighted by atomic mass is 10.1. The fourth-order valence-electron chi connectivity index (χ4n) is 2.35. The van der Waals surface area contributed by atoms with Gasteiger partial charge in [-0.15, -0.1) is 0 Å². The molecule has 1 aliphatic heterocycles. The maximum absolute atomic E-state index is 11.6. The summed E-state index contributed by atoms with van der Waals surface area (Å²) >= 11 is 0. The number of rotatable bonds is 7. The van der Waals surface area contributed by atoms with Crippen LogP contribution in [0.3, 0.4) is 0 Å². The van der Waals surface area contributed by atoms with Crippen molar-refractivity contribution in [2.24, 2.45) is 0 Å². The fourth-order valence-corrected chi connectivity index (χ4v) is 2.35. The van der Waals surface area contributed by atoms with E-state index >= 15 is 0 Å². The Hall–Kier alpha value is -1.73. The van der Waals surface area contributed by atoms with E-state index in [1.54, 1.807) is 6.92 Å². The molecule has 0 radical (unpaired) electrons. The summed E-state index contributed by atoms with van der Waals surface area (Å²) in [5.74, 6) is 0.396. The largest absolute Gasteiger partial charge is 0.376 e. The number of hydrogen-bond donors (Lipinski definition) is 2. The lowest BCUT2D eigenvalue weighted by Gasteiger charge is -2.22. The summed E-state index contributed by atoms with van der Waals surface area (Å²) in [6, 6.07) is 1.43. The van der Waals surface area contributed by atoms with Crippen LogP contribution >= 0.6 is 0 Å². The molecule has 7 nitrogen and oxygen atoms in total. The molecule has 0 aromatic carbocycles. The van der Waals surface area contributed by atoms with Crippen molar-refractivity contribution in [1.29, 1.82) is 0 Å². The second-order valence-corrected chi connectivity index (χ2v) is 5.44. The summed E-state index contributed by atoms with van der Waals surface area (Å²) in [6.45, 7) is 3.44. The second kappa shape index (κ2) is 8.65. The number of carbonyl (C=O) groups is 1. The van der Waals surface area contributed by atoms with Gasteiger partial charge in [0.1, 0.15) is 12.4 Å². The van der Waals surface area contributed by atoms with Gasteiger partial charge in [0, 0.05) is 31.3 Å². The molecule has 1 amide bonds. The van der Waals surface area contributed by atoms with Crippen LogP contribution in [0.5, 0.6) is 0 Å². The maximum Gasteiger partial charge on any atom is 0.251 e. The molecule has 2 N–H and O–H groups in total. The van der Waals surface area contributed by atoms with Crippen molar-refractivity contribution in [3.63, 3.8) is 0 Å². The number of aromatic nitrogens is 2. The van der Waals surface area contributed by atoms with Crippen molar-refractivity contribution in [2.45, 2.75) is 38.7 Å². The molecule has 0 spiro atoms. The zero-order chi connectivity index (χ0) is 15.8. The number of hydrogen-bond acceptors (Lipinski definition) is 5. The summed E-state index contributed by atoms with van der Waals surface area (Å²) in [5.41, 5.74) is 0.491. The molecule has 2 heterocycles. The van der Waals surface area contributed by atoms with Crippen LogP contribution in [0.1, 0.15) is 30.8 Å². The van der Waals surface area contributed by atoms with Gasteiger partial charge in [-0.05, 0) is 26.2 Å². The Morgan fingerprint density at radius 3 is 3.14 bits per heavy atom. The highest BCUT2D eigenvalue weighted by molar-refractivity contribution is 5.77. The van der Waals surface area contributed by atoms with Crippen molar-refractivity contribution in [1.82, 2.24) is 15.3 Å². The Morgan fingerprint density at radius 2 is 2.41 bits per heavy atom. The molecule has 0 aliphatic carbocycles. The van der Waals surface area contributed by atoms with E-state index < -0.39 is 0 Å². The van der Waals surface area contributed by atoms with E-state index in [2.05, 4.69) is 15.3 Å². The SMILES string of the molecule is Cc1cc(=O)[nH]c(CCNC(=O)COC[C@H]2CCCCO2)n1. The predicted molar refractivity (Wildman–Crippen MR) is 80.7 cm³/mol. The number of amides is 1. The van der Waals surface area contributed by atoms with E-state index in [0.717, 1.165) is 25.9 Å². The van der Waals surface area contributed by atoms with Crippen LogP contribution < -0.4 is 10.9 Å².